The molecule has 0 aliphatic carbocycles. The lowest BCUT2D eigenvalue weighted by atomic mass is 10.1. The highest BCUT2D eigenvalue weighted by atomic mass is 16.5. The van der Waals surface area contributed by atoms with E-state index in [0.29, 0.717) is 35.2 Å². The molecule has 0 saturated carbocycles. The SMILES string of the molecule is COc1ccc(NC(=O)[C@H]2CC(=O)N(c3ccc(OC)cc3OC)C2)cc1. The molecule has 0 radical (unpaired) electrons. The Morgan fingerprint density at radius 1 is 1.00 bits per heavy atom. The van der Waals surface area contributed by atoms with E-state index in [4.69, 9.17) is 14.2 Å². The van der Waals surface area contributed by atoms with E-state index in [9.17, 15) is 9.59 Å². The standard InChI is InChI=1S/C20H22N2O5/c1-25-15-6-4-14(5-7-15)21-20(24)13-10-19(23)22(12-13)17-9-8-16(26-2)11-18(17)27-3/h4-9,11,13H,10,12H2,1-3H3,(H,21,24)/t13-/m0/s1. The highest BCUT2D eigenvalue weighted by molar-refractivity contribution is 6.04. The van der Waals surface area contributed by atoms with Gasteiger partial charge >= 0.3 is 0 Å². The van der Waals surface area contributed by atoms with Gasteiger partial charge in [0.15, 0.2) is 0 Å². The van der Waals surface area contributed by atoms with Gasteiger partial charge in [0.05, 0.1) is 32.9 Å². The van der Waals surface area contributed by atoms with Crippen molar-refractivity contribution in [3.63, 3.8) is 0 Å². The number of amides is 2. The maximum absolute atomic E-state index is 12.6. The van der Waals surface area contributed by atoms with Crippen molar-refractivity contribution in [2.24, 2.45) is 5.92 Å². The van der Waals surface area contributed by atoms with Crippen LogP contribution in [0, 0.1) is 5.92 Å². The number of hydrogen-bond donors (Lipinski definition) is 1. The average molecular weight is 370 g/mol. The van der Waals surface area contributed by atoms with Crippen LogP contribution in [-0.2, 0) is 9.59 Å². The summed E-state index contributed by atoms with van der Waals surface area (Å²) in [5.41, 5.74) is 1.29. The van der Waals surface area contributed by atoms with E-state index in [1.807, 2.05) is 0 Å². The minimum absolute atomic E-state index is 0.117. The number of carbonyl (C=O) groups excluding carboxylic acids is 2. The Hall–Kier alpha value is -3.22. The van der Waals surface area contributed by atoms with Gasteiger partial charge in [-0.05, 0) is 36.4 Å². The Morgan fingerprint density at radius 3 is 2.30 bits per heavy atom. The quantitative estimate of drug-likeness (QED) is 0.846. The van der Waals surface area contributed by atoms with Crippen LogP contribution in [-0.4, -0.2) is 39.7 Å². The third-order valence-corrected chi connectivity index (χ3v) is 4.53. The second-order valence-corrected chi connectivity index (χ2v) is 6.16. The van der Waals surface area contributed by atoms with Gasteiger partial charge in [-0.2, -0.15) is 0 Å². The summed E-state index contributed by atoms with van der Waals surface area (Å²) in [6.07, 6.45) is 0.150. The van der Waals surface area contributed by atoms with Crippen LogP contribution < -0.4 is 24.4 Å². The van der Waals surface area contributed by atoms with Crippen molar-refractivity contribution in [2.75, 3.05) is 38.1 Å². The Morgan fingerprint density at radius 2 is 1.67 bits per heavy atom. The number of nitrogens with one attached hydrogen (secondary N) is 1. The smallest absolute Gasteiger partial charge is 0.229 e. The molecule has 142 valence electrons. The molecule has 2 amide bonds. The summed E-state index contributed by atoms with van der Waals surface area (Å²) >= 11 is 0. The van der Waals surface area contributed by atoms with E-state index in [2.05, 4.69) is 5.32 Å². The van der Waals surface area contributed by atoms with Crippen LogP contribution in [0.15, 0.2) is 42.5 Å². The van der Waals surface area contributed by atoms with Crippen molar-refractivity contribution >= 4 is 23.2 Å². The van der Waals surface area contributed by atoms with E-state index in [0.717, 1.165) is 0 Å². The van der Waals surface area contributed by atoms with E-state index < -0.39 is 5.92 Å². The molecule has 2 aromatic carbocycles. The van der Waals surface area contributed by atoms with Gasteiger partial charge in [0.2, 0.25) is 11.8 Å². The van der Waals surface area contributed by atoms with Crippen LogP contribution >= 0.6 is 0 Å². The molecule has 0 unspecified atom stereocenters. The fourth-order valence-electron chi connectivity index (χ4n) is 3.04. The number of ether oxygens (including phenoxy) is 3. The molecule has 1 saturated heterocycles. The first-order valence-electron chi connectivity index (χ1n) is 8.53. The number of rotatable bonds is 6. The van der Waals surface area contributed by atoms with Crippen LogP contribution in [0.3, 0.4) is 0 Å². The first-order valence-corrected chi connectivity index (χ1v) is 8.53. The summed E-state index contributed by atoms with van der Waals surface area (Å²) < 4.78 is 15.7. The van der Waals surface area contributed by atoms with Crippen molar-refractivity contribution in [3.8, 4) is 17.2 Å². The van der Waals surface area contributed by atoms with Crippen LogP contribution in [0.1, 0.15) is 6.42 Å². The second kappa shape index (κ2) is 7.99. The van der Waals surface area contributed by atoms with Crippen molar-refractivity contribution in [1.29, 1.82) is 0 Å². The van der Waals surface area contributed by atoms with Crippen LogP contribution in [0.2, 0.25) is 0 Å². The predicted molar refractivity (Wildman–Crippen MR) is 102 cm³/mol. The normalized spacial score (nSPS) is 16.2. The minimum atomic E-state index is -0.439. The number of nitrogens with zero attached hydrogens (tertiary/aromatic N) is 1. The summed E-state index contributed by atoms with van der Waals surface area (Å²) in [5.74, 6) is 1.13. The summed E-state index contributed by atoms with van der Waals surface area (Å²) in [7, 11) is 4.68. The first-order chi connectivity index (χ1) is 13.0. The molecule has 1 N–H and O–H groups in total. The maximum Gasteiger partial charge on any atom is 0.229 e. The van der Waals surface area contributed by atoms with Gasteiger partial charge in [-0.3, -0.25) is 9.59 Å². The molecule has 1 fully saturated rings. The Balaban J connectivity index is 1.72. The Kier molecular flexibility index (Phi) is 5.49. The molecule has 2 aromatic rings. The average Bonchev–Trinajstić information content (AvgIpc) is 3.09. The largest absolute Gasteiger partial charge is 0.497 e. The Labute approximate surface area is 157 Å². The molecule has 1 aliphatic rings. The highest BCUT2D eigenvalue weighted by Crippen LogP contribution is 2.36. The van der Waals surface area contributed by atoms with Gasteiger partial charge in [0.1, 0.15) is 17.2 Å². The van der Waals surface area contributed by atoms with E-state index >= 15 is 0 Å². The van der Waals surface area contributed by atoms with E-state index in [1.165, 1.54) is 7.11 Å². The maximum atomic E-state index is 12.6. The molecule has 7 nitrogen and oxygen atoms in total. The summed E-state index contributed by atoms with van der Waals surface area (Å²) in [5, 5.41) is 2.85. The molecule has 27 heavy (non-hydrogen) atoms. The molecule has 0 bridgehead atoms. The zero-order chi connectivity index (χ0) is 19.4. The van der Waals surface area contributed by atoms with Gasteiger partial charge in [-0.1, -0.05) is 0 Å². The molecule has 1 atom stereocenters. The van der Waals surface area contributed by atoms with Gasteiger partial charge in [0.25, 0.3) is 0 Å². The number of benzene rings is 2. The highest BCUT2D eigenvalue weighted by Gasteiger charge is 2.36. The second-order valence-electron chi connectivity index (χ2n) is 6.16. The number of methoxy groups -OCH3 is 3. The lowest BCUT2D eigenvalue weighted by Crippen LogP contribution is -2.28. The summed E-state index contributed by atoms with van der Waals surface area (Å²) in [6.45, 7) is 0.295. The van der Waals surface area contributed by atoms with Crippen LogP contribution in [0.5, 0.6) is 17.2 Å². The molecule has 7 heteroatoms. The third-order valence-electron chi connectivity index (χ3n) is 4.53. The molecule has 0 aromatic heterocycles. The fraction of sp³-hybridized carbons (Fsp3) is 0.300. The zero-order valence-corrected chi connectivity index (χ0v) is 15.5. The number of anilines is 2. The van der Waals surface area contributed by atoms with Crippen LogP contribution in [0.25, 0.3) is 0 Å². The lowest BCUT2D eigenvalue weighted by Gasteiger charge is -2.20. The van der Waals surface area contributed by atoms with Crippen LogP contribution in [0.4, 0.5) is 11.4 Å². The molecule has 0 spiro atoms. The summed E-state index contributed by atoms with van der Waals surface area (Å²) in [4.78, 5) is 26.6. The number of hydrogen-bond acceptors (Lipinski definition) is 5. The zero-order valence-electron chi connectivity index (χ0n) is 15.5. The minimum Gasteiger partial charge on any atom is -0.497 e. The van der Waals surface area contributed by atoms with Crippen molar-refractivity contribution in [1.82, 2.24) is 0 Å². The molecular formula is C20H22N2O5. The predicted octanol–water partition coefficient (Wildman–Crippen LogP) is 2.70. The molecule has 1 heterocycles. The molecular weight excluding hydrogens is 348 g/mol. The van der Waals surface area contributed by atoms with Gasteiger partial charge in [-0.25, -0.2) is 0 Å². The fourth-order valence-corrected chi connectivity index (χ4v) is 3.04. The molecule has 1 aliphatic heterocycles. The van der Waals surface area contributed by atoms with Gasteiger partial charge in [0, 0.05) is 24.7 Å². The van der Waals surface area contributed by atoms with Gasteiger partial charge < -0.3 is 24.4 Å². The van der Waals surface area contributed by atoms with E-state index in [-0.39, 0.29) is 18.2 Å². The lowest BCUT2D eigenvalue weighted by molar-refractivity contribution is -0.122. The topological polar surface area (TPSA) is 77.1 Å². The first kappa shape index (κ1) is 18.6. The molecule has 3 rings (SSSR count). The van der Waals surface area contributed by atoms with Crippen molar-refractivity contribution in [2.45, 2.75) is 6.42 Å². The van der Waals surface area contributed by atoms with E-state index in [1.54, 1.807) is 61.6 Å². The number of carbonyl (C=O) groups is 2. The summed E-state index contributed by atoms with van der Waals surface area (Å²) in [6, 6.07) is 12.3. The van der Waals surface area contributed by atoms with Crippen molar-refractivity contribution < 1.29 is 23.8 Å². The monoisotopic (exact) mass is 370 g/mol. The van der Waals surface area contributed by atoms with Crippen molar-refractivity contribution in [3.05, 3.63) is 42.5 Å². The Bertz CT molecular complexity index is 835. The third kappa shape index (κ3) is 3.97. The van der Waals surface area contributed by atoms with Gasteiger partial charge in [-0.15, -0.1) is 0 Å².